The zero-order valence-corrected chi connectivity index (χ0v) is 15.1. The summed E-state index contributed by atoms with van der Waals surface area (Å²) in [6, 6.07) is 7.51. The smallest absolute Gasteiger partial charge is 0.375 e. The highest BCUT2D eigenvalue weighted by Crippen LogP contribution is 2.28. The lowest BCUT2D eigenvalue weighted by atomic mass is 10.1. The Morgan fingerprint density at radius 2 is 1.93 bits per heavy atom. The number of ether oxygens (including phenoxy) is 1. The molecule has 0 fully saturated rings. The second-order valence-electron chi connectivity index (χ2n) is 5.86. The molecule has 27 heavy (non-hydrogen) atoms. The van der Waals surface area contributed by atoms with Crippen LogP contribution in [-0.2, 0) is 9.53 Å². The summed E-state index contributed by atoms with van der Waals surface area (Å²) in [6.07, 6.45) is -1.27. The van der Waals surface area contributed by atoms with Crippen molar-refractivity contribution in [2.75, 3.05) is 5.32 Å². The first kappa shape index (κ1) is 18.8. The molecule has 0 spiro atoms. The lowest BCUT2D eigenvalue weighted by Gasteiger charge is -2.13. The number of aryl methyl sites for hydroxylation is 1. The van der Waals surface area contributed by atoms with Crippen LogP contribution in [0.3, 0.4) is 0 Å². The van der Waals surface area contributed by atoms with Crippen molar-refractivity contribution in [3.05, 3.63) is 64.4 Å². The van der Waals surface area contributed by atoms with Gasteiger partial charge in [0.2, 0.25) is 5.76 Å². The second kappa shape index (κ2) is 7.36. The van der Waals surface area contributed by atoms with Crippen LogP contribution in [0, 0.1) is 18.6 Å². The van der Waals surface area contributed by atoms with E-state index in [4.69, 9.17) is 20.8 Å². The molecule has 0 aliphatic carbocycles. The maximum atomic E-state index is 13.6. The number of carbonyl (C=O) groups excluding carboxylic acids is 2. The average Bonchev–Trinajstić information content (AvgIpc) is 2.94. The number of esters is 1. The Hall–Kier alpha value is -2.93. The predicted molar refractivity (Wildman–Crippen MR) is 95.8 cm³/mol. The van der Waals surface area contributed by atoms with E-state index in [1.54, 1.807) is 25.1 Å². The van der Waals surface area contributed by atoms with Gasteiger partial charge in [0.1, 0.15) is 17.2 Å². The second-order valence-corrected chi connectivity index (χ2v) is 6.29. The highest BCUT2D eigenvalue weighted by atomic mass is 35.5. The molecule has 0 radical (unpaired) electrons. The SMILES string of the molecule is Cc1c(C(=O)O[C@H](C)C(=O)Nc2cc(F)ccc2F)oc2ccc(Cl)cc12. The fourth-order valence-electron chi connectivity index (χ4n) is 2.48. The first-order valence-corrected chi connectivity index (χ1v) is 8.29. The molecule has 2 aromatic carbocycles. The first-order valence-electron chi connectivity index (χ1n) is 7.92. The molecule has 3 aromatic rings. The summed E-state index contributed by atoms with van der Waals surface area (Å²) in [5.41, 5.74) is 0.613. The number of benzene rings is 2. The van der Waals surface area contributed by atoms with E-state index in [2.05, 4.69) is 5.32 Å². The van der Waals surface area contributed by atoms with E-state index in [0.29, 0.717) is 21.6 Å². The number of halogens is 3. The molecule has 0 aliphatic heterocycles. The van der Waals surface area contributed by atoms with Gasteiger partial charge in [-0.05, 0) is 44.2 Å². The van der Waals surface area contributed by atoms with Gasteiger partial charge in [-0.1, -0.05) is 11.6 Å². The van der Waals surface area contributed by atoms with E-state index in [0.717, 1.165) is 18.2 Å². The zero-order chi connectivity index (χ0) is 19.7. The largest absolute Gasteiger partial charge is 0.449 e. The van der Waals surface area contributed by atoms with E-state index >= 15 is 0 Å². The molecule has 0 aliphatic rings. The third kappa shape index (κ3) is 3.93. The maximum Gasteiger partial charge on any atom is 0.375 e. The van der Waals surface area contributed by atoms with Gasteiger partial charge in [0.15, 0.2) is 6.10 Å². The topological polar surface area (TPSA) is 68.5 Å². The highest BCUT2D eigenvalue weighted by molar-refractivity contribution is 6.31. The first-order chi connectivity index (χ1) is 12.8. The Balaban J connectivity index is 1.74. The molecule has 0 bridgehead atoms. The van der Waals surface area contributed by atoms with Gasteiger partial charge in [0.05, 0.1) is 5.69 Å². The van der Waals surface area contributed by atoms with Crippen molar-refractivity contribution < 1.29 is 27.5 Å². The Bertz CT molecular complexity index is 1050. The van der Waals surface area contributed by atoms with Crippen LogP contribution >= 0.6 is 11.6 Å². The monoisotopic (exact) mass is 393 g/mol. The number of nitrogens with one attached hydrogen (secondary N) is 1. The predicted octanol–water partition coefficient (Wildman–Crippen LogP) is 4.86. The molecule has 1 atom stereocenters. The lowest BCUT2D eigenvalue weighted by molar-refractivity contribution is -0.123. The van der Waals surface area contributed by atoms with Crippen LogP contribution in [0.1, 0.15) is 23.0 Å². The number of anilines is 1. The Morgan fingerprint density at radius 1 is 1.19 bits per heavy atom. The van der Waals surface area contributed by atoms with Crippen LogP contribution in [0.25, 0.3) is 11.0 Å². The molecule has 1 aromatic heterocycles. The number of fused-ring (bicyclic) bond motifs is 1. The third-order valence-corrected chi connectivity index (χ3v) is 4.16. The van der Waals surface area contributed by atoms with Gasteiger partial charge in [0, 0.05) is 22.0 Å². The minimum atomic E-state index is -1.27. The van der Waals surface area contributed by atoms with Crippen molar-refractivity contribution in [2.24, 2.45) is 0 Å². The lowest BCUT2D eigenvalue weighted by Crippen LogP contribution is -2.30. The normalized spacial score (nSPS) is 12.0. The molecule has 1 amide bonds. The summed E-state index contributed by atoms with van der Waals surface area (Å²) < 4.78 is 37.4. The quantitative estimate of drug-likeness (QED) is 0.643. The summed E-state index contributed by atoms with van der Waals surface area (Å²) in [7, 11) is 0. The summed E-state index contributed by atoms with van der Waals surface area (Å²) >= 11 is 5.94. The van der Waals surface area contributed by atoms with Crippen LogP contribution in [0.5, 0.6) is 0 Å². The van der Waals surface area contributed by atoms with Gasteiger partial charge in [-0.3, -0.25) is 4.79 Å². The standard InChI is InChI=1S/C19H14ClF2NO4/c1-9-13-7-11(20)3-6-16(13)27-17(9)19(25)26-10(2)18(24)23-15-8-12(21)4-5-14(15)22/h3-8,10H,1-2H3,(H,23,24)/t10-/m1/s1. The Morgan fingerprint density at radius 3 is 2.67 bits per heavy atom. The van der Waals surface area contributed by atoms with Crippen LogP contribution in [-0.4, -0.2) is 18.0 Å². The summed E-state index contributed by atoms with van der Waals surface area (Å²) in [6.45, 7) is 2.96. The molecule has 140 valence electrons. The van der Waals surface area contributed by atoms with Crippen molar-refractivity contribution in [1.82, 2.24) is 0 Å². The van der Waals surface area contributed by atoms with Crippen molar-refractivity contribution in [2.45, 2.75) is 20.0 Å². The van der Waals surface area contributed by atoms with Crippen molar-refractivity contribution >= 4 is 40.1 Å². The minimum absolute atomic E-state index is 0.0659. The van der Waals surface area contributed by atoms with Crippen LogP contribution < -0.4 is 5.32 Å². The van der Waals surface area contributed by atoms with E-state index in [-0.39, 0.29) is 11.4 Å². The van der Waals surface area contributed by atoms with Crippen LogP contribution in [0.2, 0.25) is 5.02 Å². The highest BCUT2D eigenvalue weighted by Gasteiger charge is 2.25. The van der Waals surface area contributed by atoms with Crippen LogP contribution in [0.15, 0.2) is 40.8 Å². The number of hydrogen-bond acceptors (Lipinski definition) is 4. The fraction of sp³-hybridized carbons (Fsp3) is 0.158. The van der Waals surface area contributed by atoms with E-state index < -0.39 is 29.6 Å². The molecular formula is C19H14ClF2NO4. The van der Waals surface area contributed by atoms with Gasteiger partial charge >= 0.3 is 5.97 Å². The maximum absolute atomic E-state index is 13.6. The molecule has 1 N–H and O–H groups in total. The Labute approximate surface area is 157 Å². The Kier molecular flexibility index (Phi) is 5.14. The van der Waals surface area contributed by atoms with Gasteiger partial charge in [0.25, 0.3) is 5.91 Å². The van der Waals surface area contributed by atoms with Crippen molar-refractivity contribution in [1.29, 1.82) is 0 Å². The molecule has 0 saturated carbocycles. The van der Waals surface area contributed by atoms with Crippen molar-refractivity contribution in [3.63, 3.8) is 0 Å². The third-order valence-electron chi connectivity index (χ3n) is 3.92. The molecular weight excluding hydrogens is 380 g/mol. The van der Waals surface area contributed by atoms with Gasteiger partial charge in [-0.2, -0.15) is 0 Å². The number of rotatable bonds is 4. The fourth-order valence-corrected chi connectivity index (χ4v) is 2.66. The number of hydrogen-bond donors (Lipinski definition) is 1. The summed E-state index contributed by atoms with van der Waals surface area (Å²) in [5.74, 6) is -3.27. The molecule has 0 unspecified atom stereocenters. The number of amides is 1. The van der Waals surface area contributed by atoms with E-state index in [1.807, 2.05) is 0 Å². The molecule has 0 saturated heterocycles. The molecule has 8 heteroatoms. The minimum Gasteiger partial charge on any atom is -0.449 e. The van der Waals surface area contributed by atoms with Gasteiger partial charge in [-0.15, -0.1) is 0 Å². The van der Waals surface area contributed by atoms with Crippen molar-refractivity contribution in [3.8, 4) is 0 Å². The molecule has 5 nitrogen and oxygen atoms in total. The average molecular weight is 394 g/mol. The zero-order valence-electron chi connectivity index (χ0n) is 14.3. The van der Waals surface area contributed by atoms with E-state index in [9.17, 15) is 18.4 Å². The molecule has 1 heterocycles. The van der Waals surface area contributed by atoms with Gasteiger partial charge in [-0.25, -0.2) is 13.6 Å². The van der Waals surface area contributed by atoms with Crippen LogP contribution in [0.4, 0.5) is 14.5 Å². The summed E-state index contributed by atoms with van der Waals surface area (Å²) in [4.78, 5) is 24.5. The number of furan rings is 1. The summed E-state index contributed by atoms with van der Waals surface area (Å²) in [5, 5.41) is 3.31. The van der Waals surface area contributed by atoms with Gasteiger partial charge < -0.3 is 14.5 Å². The van der Waals surface area contributed by atoms with E-state index in [1.165, 1.54) is 6.92 Å². The molecule has 3 rings (SSSR count). The number of carbonyl (C=O) groups is 2.